The maximum atomic E-state index is 12.2. The first-order valence-electron chi connectivity index (χ1n) is 8.95. The van der Waals surface area contributed by atoms with Gasteiger partial charge in [-0.1, -0.05) is 12.1 Å². The van der Waals surface area contributed by atoms with Gasteiger partial charge in [0.15, 0.2) is 0 Å². The van der Waals surface area contributed by atoms with E-state index in [0.717, 1.165) is 24.0 Å². The number of carbonyl (C=O) groups excluding carboxylic acids is 1. The number of phenols is 1. The Kier molecular flexibility index (Phi) is 5.57. The number of anilines is 1. The van der Waals surface area contributed by atoms with Crippen molar-refractivity contribution < 1.29 is 9.90 Å². The highest BCUT2D eigenvalue weighted by atomic mass is 16.3. The Labute approximate surface area is 157 Å². The summed E-state index contributed by atoms with van der Waals surface area (Å²) < 4.78 is 0. The molecule has 0 aliphatic carbocycles. The SMILES string of the molecule is Cc1cc(O)c2c(-c3cccc(NC(=O)CCCCN)c3)c[nH]c(=O)c2c1. The first kappa shape index (κ1) is 18.7. The van der Waals surface area contributed by atoms with Crippen LogP contribution < -0.4 is 16.6 Å². The number of benzene rings is 2. The smallest absolute Gasteiger partial charge is 0.255 e. The van der Waals surface area contributed by atoms with Gasteiger partial charge in [0, 0.05) is 29.3 Å². The summed E-state index contributed by atoms with van der Waals surface area (Å²) in [5.41, 5.74) is 8.15. The van der Waals surface area contributed by atoms with Gasteiger partial charge in [0.1, 0.15) is 5.75 Å². The van der Waals surface area contributed by atoms with Crippen molar-refractivity contribution in [3.8, 4) is 16.9 Å². The van der Waals surface area contributed by atoms with Crippen LogP contribution in [0.4, 0.5) is 5.69 Å². The molecule has 3 aromatic rings. The van der Waals surface area contributed by atoms with Crippen LogP contribution >= 0.6 is 0 Å². The second kappa shape index (κ2) is 8.05. The van der Waals surface area contributed by atoms with Gasteiger partial charge in [-0.15, -0.1) is 0 Å². The topological polar surface area (TPSA) is 108 Å². The molecule has 0 radical (unpaired) electrons. The minimum Gasteiger partial charge on any atom is -0.507 e. The van der Waals surface area contributed by atoms with E-state index in [2.05, 4.69) is 10.3 Å². The van der Waals surface area contributed by atoms with E-state index in [9.17, 15) is 14.7 Å². The second-order valence-electron chi connectivity index (χ2n) is 6.61. The molecular weight excluding hydrogens is 342 g/mol. The Hall–Kier alpha value is -3.12. The molecule has 0 saturated carbocycles. The number of H-pyrrole nitrogens is 1. The molecule has 1 aromatic heterocycles. The number of carbonyl (C=O) groups is 1. The normalized spacial score (nSPS) is 10.9. The van der Waals surface area contributed by atoms with Gasteiger partial charge in [-0.25, -0.2) is 0 Å². The van der Waals surface area contributed by atoms with E-state index in [1.165, 1.54) is 0 Å². The molecule has 5 N–H and O–H groups in total. The molecule has 6 nitrogen and oxygen atoms in total. The van der Waals surface area contributed by atoms with Crippen LogP contribution in [0.5, 0.6) is 5.75 Å². The average molecular weight is 365 g/mol. The molecule has 1 amide bonds. The lowest BCUT2D eigenvalue weighted by Crippen LogP contribution is -2.12. The summed E-state index contributed by atoms with van der Waals surface area (Å²) in [6.45, 7) is 2.40. The number of aromatic nitrogens is 1. The molecule has 0 aliphatic rings. The van der Waals surface area contributed by atoms with Gasteiger partial charge in [-0.05, 0) is 61.7 Å². The molecule has 6 heteroatoms. The molecule has 2 aromatic carbocycles. The number of rotatable bonds is 6. The number of pyridine rings is 1. The van der Waals surface area contributed by atoms with Crippen molar-refractivity contribution in [2.75, 3.05) is 11.9 Å². The van der Waals surface area contributed by atoms with Crippen molar-refractivity contribution in [2.24, 2.45) is 5.73 Å². The van der Waals surface area contributed by atoms with Gasteiger partial charge in [-0.3, -0.25) is 9.59 Å². The van der Waals surface area contributed by atoms with Gasteiger partial charge in [0.2, 0.25) is 5.91 Å². The average Bonchev–Trinajstić information content (AvgIpc) is 2.63. The number of hydrogen-bond donors (Lipinski definition) is 4. The van der Waals surface area contributed by atoms with Crippen molar-refractivity contribution >= 4 is 22.4 Å². The third kappa shape index (κ3) is 4.17. The standard InChI is InChI=1S/C21H23N3O3/c1-13-9-16-20(18(25)10-13)17(12-23-21(16)27)14-5-4-6-15(11-14)24-19(26)7-2-3-8-22/h4-6,9-12,25H,2-3,7-8,22H2,1H3,(H,23,27)(H,24,26). The highest BCUT2D eigenvalue weighted by Gasteiger charge is 2.12. The lowest BCUT2D eigenvalue weighted by Gasteiger charge is -2.11. The molecule has 0 saturated heterocycles. The second-order valence-corrected chi connectivity index (χ2v) is 6.61. The molecule has 1 heterocycles. The molecule has 3 rings (SSSR count). The van der Waals surface area contributed by atoms with Crippen LogP contribution in [-0.4, -0.2) is 22.5 Å². The summed E-state index contributed by atoms with van der Waals surface area (Å²) in [5, 5.41) is 14.2. The Balaban J connectivity index is 1.97. The summed E-state index contributed by atoms with van der Waals surface area (Å²) >= 11 is 0. The van der Waals surface area contributed by atoms with Gasteiger partial charge in [0.25, 0.3) is 5.56 Å². The summed E-state index contributed by atoms with van der Waals surface area (Å²) in [4.78, 5) is 26.9. The molecule has 0 bridgehead atoms. The number of aromatic amines is 1. The predicted molar refractivity (Wildman–Crippen MR) is 108 cm³/mol. The first-order valence-corrected chi connectivity index (χ1v) is 8.95. The van der Waals surface area contributed by atoms with Gasteiger partial charge >= 0.3 is 0 Å². The summed E-state index contributed by atoms with van der Waals surface area (Å²) in [6, 6.07) is 10.7. The largest absolute Gasteiger partial charge is 0.507 e. The first-order chi connectivity index (χ1) is 13.0. The number of hydrogen-bond acceptors (Lipinski definition) is 4. The van der Waals surface area contributed by atoms with Gasteiger partial charge < -0.3 is 21.1 Å². The highest BCUT2D eigenvalue weighted by molar-refractivity contribution is 6.01. The van der Waals surface area contributed by atoms with Crippen molar-refractivity contribution in [1.82, 2.24) is 4.98 Å². The lowest BCUT2D eigenvalue weighted by atomic mass is 9.98. The zero-order chi connectivity index (χ0) is 19.4. The van der Waals surface area contributed by atoms with Crippen molar-refractivity contribution in [1.29, 1.82) is 0 Å². The maximum Gasteiger partial charge on any atom is 0.255 e. The fourth-order valence-electron chi connectivity index (χ4n) is 3.16. The fraction of sp³-hybridized carbons (Fsp3) is 0.238. The third-order valence-electron chi connectivity index (χ3n) is 4.44. The van der Waals surface area contributed by atoms with E-state index < -0.39 is 0 Å². The van der Waals surface area contributed by atoms with Crippen LogP contribution in [0, 0.1) is 6.92 Å². The number of nitrogens with two attached hydrogens (primary N) is 1. The van der Waals surface area contributed by atoms with E-state index in [-0.39, 0.29) is 17.2 Å². The van der Waals surface area contributed by atoms with Crippen LogP contribution in [0.1, 0.15) is 24.8 Å². The minimum absolute atomic E-state index is 0.0577. The Morgan fingerprint density at radius 1 is 1.22 bits per heavy atom. The number of unbranched alkanes of at least 4 members (excludes halogenated alkanes) is 1. The van der Waals surface area contributed by atoms with Crippen LogP contribution in [0.25, 0.3) is 21.9 Å². The third-order valence-corrected chi connectivity index (χ3v) is 4.44. The number of aryl methyl sites for hydroxylation is 1. The van der Waals surface area contributed by atoms with Gasteiger partial charge in [-0.2, -0.15) is 0 Å². The number of aromatic hydroxyl groups is 1. The van der Waals surface area contributed by atoms with Crippen molar-refractivity contribution in [3.05, 3.63) is 58.5 Å². The summed E-state index contributed by atoms with van der Waals surface area (Å²) in [5.74, 6) is -0.00674. The van der Waals surface area contributed by atoms with E-state index in [4.69, 9.17) is 5.73 Å². The Morgan fingerprint density at radius 2 is 2.04 bits per heavy atom. The zero-order valence-corrected chi connectivity index (χ0v) is 15.2. The van der Waals surface area contributed by atoms with Gasteiger partial charge in [0.05, 0.1) is 5.39 Å². The molecule has 0 spiro atoms. The van der Waals surface area contributed by atoms with Crippen molar-refractivity contribution in [3.63, 3.8) is 0 Å². The van der Waals surface area contributed by atoms with Crippen LogP contribution in [0.15, 0.2) is 47.4 Å². The Morgan fingerprint density at radius 3 is 2.81 bits per heavy atom. The van der Waals surface area contributed by atoms with E-state index in [1.807, 2.05) is 31.2 Å². The quantitative estimate of drug-likeness (QED) is 0.503. The number of nitrogens with one attached hydrogen (secondary N) is 2. The number of phenolic OH excluding ortho intramolecular Hbond substituents is 1. The predicted octanol–water partition coefficient (Wildman–Crippen LogP) is 3.28. The molecule has 0 fully saturated rings. The van der Waals surface area contributed by atoms with Crippen LogP contribution in [0.3, 0.4) is 0 Å². The monoisotopic (exact) mass is 365 g/mol. The summed E-state index contributed by atoms with van der Waals surface area (Å²) in [6.07, 6.45) is 3.57. The molecule has 140 valence electrons. The van der Waals surface area contributed by atoms with Crippen molar-refractivity contribution in [2.45, 2.75) is 26.2 Å². The fourth-order valence-corrected chi connectivity index (χ4v) is 3.16. The Bertz CT molecular complexity index is 1040. The minimum atomic E-state index is -0.253. The maximum absolute atomic E-state index is 12.2. The molecule has 0 aliphatic heterocycles. The highest BCUT2D eigenvalue weighted by Crippen LogP contribution is 2.34. The lowest BCUT2D eigenvalue weighted by molar-refractivity contribution is -0.116. The molecular formula is C21H23N3O3. The van der Waals surface area contributed by atoms with E-state index in [0.29, 0.717) is 35.0 Å². The zero-order valence-electron chi connectivity index (χ0n) is 15.2. The molecule has 27 heavy (non-hydrogen) atoms. The number of fused-ring (bicyclic) bond motifs is 1. The van der Waals surface area contributed by atoms with E-state index >= 15 is 0 Å². The van der Waals surface area contributed by atoms with Crippen LogP contribution in [0.2, 0.25) is 0 Å². The van der Waals surface area contributed by atoms with Crippen LogP contribution in [-0.2, 0) is 4.79 Å². The molecule has 0 unspecified atom stereocenters. The van der Waals surface area contributed by atoms with E-state index in [1.54, 1.807) is 18.3 Å². The molecule has 0 atom stereocenters. The number of amides is 1. The summed E-state index contributed by atoms with van der Waals surface area (Å²) in [7, 11) is 0.